The molecule has 1 aliphatic carbocycles. The lowest BCUT2D eigenvalue weighted by atomic mass is 9.79. The van der Waals surface area contributed by atoms with Gasteiger partial charge >= 0.3 is 0 Å². The first-order valence-electron chi connectivity index (χ1n) is 11.2. The zero-order valence-corrected chi connectivity index (χ0v) is 18.1. The van der Waals surface area contributed by atoms with Gasteiger partial charge in [0.2, 0.25) is 11.8 Å². The number of likely N-dealkylation sites (tertiary alicyclic amines) is 1. The van der Waals surface area contributed by atoms with E-state index < -0.39 is 5.41 Å². The molecule has 4 nitrogen and oxygen atoms in total. The maximum Gasteiger partial charge on any atom is 0.228 e. The number of nitrogens with zero attached hydrogens (tertiary/aromatic N) is 1. The quantitative estimate of drug-likeness (QED) is 0.742. The van der Waals surface area contributed by atoms with Crippen molar-refractivity contribution in [1.82, 2.24) is 10.2 Å². The molecule has 1 heterocycles. The van der Waals surface area contributed by atoms with E-state index in [9.17, 15) is 9.59 Å². The Labute approximate surface area is 179 Å². The summed E-state index contributed by atoms with van der Waals surface area (Å²) < 4.78 is 0. The zero-order valence-electron chi connectivity index (χ0n) is 18.1. The molecule has 0 aromatic heterocycles. The van der Waals surface area contributed by atoms with E-state index in [1.54, 1.807) is 0 Å². The van der Waals surface area contributed by atoms with Crippen molar-refractivity contribution in [2.45, 2.75) is 52.0 Å². The van der Waals surface area contributed by atoms with E-state index in [0.29, 0.717) is 37.9 Å². The number of hydrogen-bond acceptors (Lipinski definition) is 2. The van der Waals surface area contributed by atoms with Crippen LogP contribution in [0.4, 0.5) is 0 Å². The fourth-order valence-electron chi connectivity index (χ4n) is 4.38. The van der Waals surface area contributed by atoms with Crippen LogP contribution in [0.3, 0.4) is 0 Å². The third-order valence-corrected chi connectivity index (χ3v) is 6.29. The van der Waals surface area contributed by atoms with Crippen molar-refractivity contribution in [2.24, 2.45) is 11.3 Å². The van der Waals surface area contributed by atoms with Gasteiger partial charge < -0.3 is 10.2 Å². The van der Waals surface area contributed by atoms with Crippen LogP contribution in [0.15, 0.2) is 54.6 Å². The van der Waals surface area contributed by atoms with Gasteiger partial charge in [0.05, 0.1) is 5.41 Å². The summed E-state index contributed by atoms with van der Waals surface area (Å²) in [6, 6.07) is 19.2. The lowest BCUT2D eigenvalue weighted by molar-refractivity contribution is -0.133. The van der Waals surface area contributed by atoms with Crippen LogP contribution in [0, 0.1) is 11.3 Å². The Hall–Kier alpha value is -2.62. The lowest BCUT2D eigenvalue weighted by Gasteiger charge is -2.29. The molecule has 4 rings (SSSR count). The number of nitrogens with one attached hydrogen (secondary N) is 1. The second kappa shape index (κ2) is 8.63. The van der Waals surface area contributed by atoms with Crippen molar-refractivity contribution in [3.05, 3.63) is 60.2 Å². The van der Waals surface area contributed by atoms with E-state index in [2.05, 4.69) is 55.6 Å². The van der Waals surface area contributed by atoms with Gasteiger partial charge in [-0.25, -0.2) is 0 Å². The first-order chi connectivity index (χ1) is 14.4. The molecule has 0 spiro atoms. The van der Waals surface area contributed by atoms with Crippen LogP contribution in [0.2, 0.25) is 0 Å². The van der Waals surface area contributed by atoms with Crippen LogP contribution < -0.4 is 5.32 Å². The van der Waals surface area contributed by atoms with E-state index in [4.69, 9.17) is 0 Å². The summed E-state index contributed by atoms with van der Waals surface area (Å²) in [4.78, 5) is 27.8. The predicted molar refractivity (Wildman–Crippen MR) is 120 cm³/mol. The Morgan fingerprint density at radius 3 is 2.33 bits per heavy atom. The number of carbonyl (C=O) groups is 2. The molecule has 2 fully saturated rings. The van der Waals surface area contributed by atoms with Gasteiger partial charge in [-0.1, -0.05) is 68.4 Å². The SMILES string of the molecule is CC(C)CC(=O)N1CC[C@@](Cc2ccc(-c3ccccc3)cc2)(C(=O)NC2CC2)C1. The fourth-order valence-corrected chi connectivity index (χ4v) is 4.38. The Bertz CT molecular complexity index is 887. The summed E-state index contributed by atoms with van der Waals surface area (Å²) in [5, 5.41) is 3.22. The molecule has 4 heteroatoms. The van der Waals surface area contributed by atoms with Gasteiger partial charge in [0.15, 0.2) is 0 Å². The van der Waals surface area contributed by atoms with Crippen molar-refractivity contribution in [3.63, 3.8) is 0 Å². The molecule has 1 N–H and O–H groups in total. The van der Waals surface area contributed by atoms with Gasteiger partial charge in [0.1, 0.15) is 0 Å². The molecule has 2 aromatic carbocycles. The monoisotopic (exact) mass is 404 g/mol. The van der Waals surface area contributed by atoms with Gasteiger partial charge in [-0.3, -0.25) is 9.59 Å². The second-order valence-electron chi connectivity index (χ2n) is 9.43. The van der Waals surface area contributed by atoms with Gasteiger partial charge in [0, 0.05) is 25.6 Å². The fraction of sp³-hybridized carbons (Fsp3) is 0.462. The normalized spacial score (nSPS) is 21.1. The van der Waals surface area contributed by atoms with Crippen LogP contribution in [0.5, 0.6) is 0 Å². The maximum absolute atomic E-state index is 13.3. The van der Waals surface area contributed by atoms with E-state index in [-0.39, 0.29) is 11.8 Å². The molecular formula is C26H32N2O2. The highest BCUT2D eigenvalue weighted by Crippen LogP contribution is 2.37. The Kier molecular flexibility index (Phi) is 5.94. The molecule has 0 unspecified atom stereocenters. The summed E-state index contributed by atoms with van der Waals surface area (Å²) in [5.74, 6) is 0.626. The van der Waals surface area contributed by atoms with Crippen LogP contribution in [-0.4, -0.2) is 35.8 Å². The highest BCUT2D eigenvalue weighted by molar-refractivity contribution is 5.86. The number of amides is 2. The van der Waals surface area contributed by atoms with Crippen molar-refractivity contribution in [2.75, 3.05) is 13.1 Å². The molecule has 2 aromatic rings. The predicted octanol–water partition coefficient (Wildman–Crippen LogP) is 4.44. The highest BCUT2D eigenvalue weighted by atomic mass is 16.2. The van der Waals surface area contributed by atoms with Crippen molar-refractivity contribution < 1.29 is 9.59 Å². The maximum atomic E-state index is 13.3. The molecule has 1 aliphatic heterocycles. The molecule has 2 amide bonds. The zero-order chi connectivity index (χ0) is 21.1. The Morgan fingerprint density at radius 2 is 1.70 bits per heavy atom. The molecule has 1 atom stereocenters. The second-order valence-corrected chi connectivity index (χ2v) is 9.43. The molecule has 1 saturated heterocycles. The summed E-state index contributed by atoms with van der Waals surface area (Å²) in [5.41, 5.74) is 3.00. The average Bonchev–Trinajstić information content (AvgIpc) is 3.45. The van der Waals surface area contributed by atoms with E-state index in [1.807, 2.05) is 23.1 Å². The third kappa shape index (κ3) is 4.75. The summed E-state index contributed by atoms with van der Waals surface area (Å²) in [7, 11) is 0. The van der Waals surface area contributed by atoms with Gasteiger partial charge in [-0.05, 0) is 48.3 Å². The minimum Gasteiger partial charge on any atom is -0.353 e. The lowest BCUT2D eigenvalue weighted by Crippen LogP contribution is -2.46. The summed E-state index contributed by atoms with van der Waals surface area (Å²) >= 11 is 0. The van der Waals surface area contributed by atoms with Crippen LogP contribution >= 0.6 is 0 Å². The number of rotatable bonds is 7. The molecular weight excluding hydrogens is 372 g/mol. The van der Waals surface area contributed by atoms with E-state index >= 15 is 0 Å². The first-order valence-corrected chi connectivity index (χ1v) is 11.2. The minimum absolute atomic E-state index is 0.122. The van der Waals surface area contributed by atoms with E-state index in [0.717, 1.165) is 24.8 Å². The minimum atomic E-state index is -0.524. The largest absolute Gasteiger partial charge is 0.353 e. The summed E-state index contributed by atoms with van der Waals surface area (Å²) in [6.45, 7) is 5.33. The number of carbonyl (C=O) groups excluding carboxylic acids is 2. The van der Waals surface area contributed by atoms with Gasteiger partial charge in [-0.2, -0.15) is 0 Å². The Balaban J connectivity index is 1.52. The van der Waals surface area contributed by atoms with E-state index in [1.165, 1.54) is 11.1 Å². The smallest absolute Gasteiger partial charge is 0.228 e. The topological polar surface area (TPSA) is 49.4 Å². The molecule has 2 aliphatic rings. The molecule has 158 valence electrons. The number of hydrogen-bond donors (Lipinski definition) is 1. The standard InChI is InChI=1S/C26H32N2O2/c1-19(2)16-24(29)28-15-14-26(18-28,25(30)27-23-12-13-23)17-20-8-10-22(11-9-20)21-6-4-3-5-7-21/h3-11,19,23H,12-18H2,1-2H3,(H,27,30)/t26-/m0/s1. The number of benzene rings is 2. The van der Waals surface area contributed by atoms with Crippen LogP contribution in [0.25, 0.3) is 11.1 Å². The average molecular weight is 405 g/mol. The van der Waals surface area contributed by atoms with Crippen molar-refractivity contribution in [3.8, 4) is 11.1 Å². The van der Waals surface area contributed by atoms with Crippen LogP contribution in [-0.2, 0) is 16.0 Å². The van der Waals surface area contributed by atoms with Gasteiger partial charge in [-0.15, -0.1) is 0 Å². The highest BCUT2D eigenvalue weighted by Gasteiger charge is 2.47. The molecule has 0 radical (unpaired) electrons. The first kappa shape index (κ1) is 20.6. The van der Waals surface area contributed by atoms with Gasteiger partial charge in [0.25, 0.3) is 0 Å². The molecule has 0 bridgehead atoms. The van der Waals surface area contributed by atoms with Crippen molar-refractivity contribution >= 4 is 11.8 Å². The Morgan fingerprint density at radius 1 is 1.03 bits per heavy atom. The third-order valence-electron chi connectivity index (χ3n) is 6.29. The summed E-state index contributed by atoms with van der Waals surface area (Å²) in [6.07, 6.45) is 4.10. The molecule has 1 saturated carbocycles. The van der Waals surface area contributed by atoms with Crippen molar-refractivity contribution in [1.29, 1.82) is 0 Å². The molecule has 30 heavy (non-hydrogen) atoms. The van der Waals surface area contributed by atoms with Crippen LogP contribution in [0.1, 0.15) is 45.1 Å².